The van der Waals surface area contributed by atoms with Crippen molar-refractivity contribution in [1.29, 1.82) is 0 Å². The molecule has 0 amide bonds. The van der Waals surface area contributed by atoms with Crippen LogP contribution in [0.2, 0.25) is 0 Å². The lowest BCUT2D eigenvalue weighted by Crippen LogP contribution is -2.08. The minimum absolute atomic E-state index is 0.220. The van der Waals surface area contributed by atoms with Crippen molar-refractivity contribution in [3.05, 3.63) is 29.8 Å². The summed E-state index contributed by atoms with van der Waals surface area (Å²) in [6, 6.07) is 8.18. The molecule has 1 unspecified atom stereocenters. The average Bonchev–Trinajstić information content (AvgIpc) is 2.15. The highest BCUT2D eigenvalue weighted by atomic mass is 35.5. The topological polar surface area (TPSA) is 9.23 Å². The lowest BCUT2D eigenvalue weighted by molar-refractivity contribution is 0.240. The second kappa shape index (κ2) is 6.02. The molecule has 1 aromatic rings. The van der Waals surface area contributed by atoms with Crippen molar-refractivity contribution >= 4 is 11.6 Å². The lowest BCUT2D eigenvalue weighted by atomic mass is 10.1. The van der Waals surface area contributed by atoms with Gasteiger partial charge in [-0.05, 0) is 45.2 Å². The van der Waals surface area contributed by atoms with Crippen molar-refractivity contribution in [2.45, 2.75) is 45.1 Å². The Morgan fingerprint density at radius 2 is 1.87 bits per heavy atom. The Kier molecular flexibility index (Phi) is 4.97. The molecule has 0 fully saturated rings. The van der Waals surface area contributed by atoms with E-state index in [0.29, 0.717) is 0 Å². The Hall–Kier alpha value is -0.690. The molecule has 0 saturated carbocycles. The van der Waals surface area contributed by atoms with Crippen LogP contribution in [0.3, 0.4) is 0 Å². The number of aryl methyl sites for hydroxylation is 1. The molecule has 0 spiro atoms. The largest absolute Gasteiger partial charge is 0.491 e. The Morgan fingerprint density at radius 3 is 2.47 bits per heavy atom. The van der Waals surface area contributed by atoms with Crippen LogP contribution >= 0.6 is 11.6 Å². The van der Waals surface area contributed by atoms with E-state index in [1.807, 2.05) is 39.0 Å². The standard InChI is InChI=1S/C13H19ClO/c1-10(2)15-13-7-5-4-6-12(13)9-8-11(3)14/h4-7,10-11H,8-9H2,1-3H3. The van der Waals surface area contributed by atoms with Gasteiger partial charge in [0, 0.05) is 5.38 Å². The molecule has 0 aliphatic heterocycles. The molecular weight excluding hydrogens is 208 g/mol. The fourth-order valence-corrected chi connectivity index (χ4v) is 1.54. The molecule has 1 rings (SSSR count). The molecule has 0 aliphatic carbocycles. The van der Waals surface area contributed by atoms with Gasteiger partial charge in [-0.15, -0.1) is 11.6 Å². The molecular formula is C13H19ClO. The van der Waals surface area contributed by atoms with Crippen molar-refractivity contribution in [2.75, 3.05) is 0 Å². The number of hydrogen-bond acceptors (Lipinski definition) is 1. The summed E-state index contributed by atoms with van der Waals surface area (Å²) in [5, 5.41) is 0.220. The molecule has 1 aromatic carbocycles. The third-order valence-electron chi connectivity index (χ3n) is 2.15. The van der Waals surface area contributed by atoms with Crippen LogP contribution in [0.5, 0.6) is 5.75 Å². The Balaban J connectivity index is 2.68. The molecule has 0 bridgehead atoms. The van der Waals surface area contributed by atoms with Gasteiger partial charge in [0.05, 0.1) is 6.10 Å². The van der Waals surface area contributed by atoms with E-state index >= 15 is 0 Å². The molecule has 2 heteroatoms. The third-order valence-corrected chi connectivity index (χ3v) is 2.36. The quantitative estimate of drug-likeness (QED) is 0.689. The highest BCUT2D eigenvalue weighted by molar-refractivity contribution is 6.20. The van der Waals surface area contributed by atoms with Gasteiger partial charge in [0.25, 0.3) is 0 Å². The van der Waals surface area contributed by atoms with Crippen molar-refractivity contribution in [1.82, 2.24) is 0 Å². The van der Waals surface area contributed by atoms with Crippen LogP contribution < -0.4 is 4.74 Å². The van der Waals surface area contributed by atoms with Crippen LogP contribution in [0.4, 0.5) is 0 Å². The zero-order chi connectivity index (χ0) is 11.3. The van der Waals surface area contributed by atoms with Gasteiger partial charge >= 0.3 is 0 Å². The Labute approximate surface area is 97.4 Å². The first-order valence-corrected chi connectivity index (χ1v) is 5.92. The van der Waals surface area contributed by atoms with Gasteiger partial charge in [-0.1, -0.05) is 18.2 Å². The molecule has 0 radical (unpaired) electrons. The van der Waals surface area contributed by atoms with E-state index in [1.54, 1.807) is 0 Å². The highest BCUT2D eigenvalue weighted by Gasteiger charge is 2.06. The van der Waals surface area contributed by atoms with Crippen molar-refractivity contribution in [3.8, 4) is 5.75 Å². The summed E-state index contributed by atoms with van der Waals surface area (Å²) in [6.07, 6.45) is 2.19. The summed E-state index contributed by atoms with van der Waals surface area (Å²) in [6.45, 7) is 6.11. The first-order chi connectivity index (χ1) is 7.09. The summed E-state index contributed by atoms with van der Waals surface area (Å²) >= 11 is 5.94. The zero-order valence-electron chi connectivity index (χ0n) is 9.66. The van der Waals surface area contributed by atoms with Crippen LogP contribution in [0.1, 0.15) is 32.8 Å². The minimum atomic E-state index is 0.220. The first kappa shape index (κ1) is 12.4. The fourth-order valence-electron chi connectivity index (χ4n) is 1.43. The number of halogens is 1. The molecule has 0 heterocycles. The van der Waals surface area contributed by atoms with Gasteiger partial charge in [-0.2, -0.15) is 0 Å². The molecule has 0 aliphatic rings. The maximum Gasteiger partial charge on any atom is 0.122 e. The Morgan fingerprint density at radius 1 is 1.20 bits per heavy atom. The van der Waals surface area contributed by atoms with E-state index in [2.05, 4.69) is 6.07 Å². The predicted octanol–water partition coefficient (Wildman–Crippen LogP) is 4.03. The van der Waals surface area contributed by atoms with E-state index in [1.165, 1.54) is 5.56 Å². The van der Waals surface area contributed by atoms with Gasteiger partial charge in [0.15, 0.2) is 0 Å². The Bertz CT molecular complexity index is 294. The molecule has 1 atom stereocenters. The summed E-state index contributed by atoms with van der Waals surface area (Å²) < 4.78 is 5.73. The number of para-hydroxylation sites is 1. The summed E-state index contributed by atoms with van der Waals surface area (Å²) in [7, 11) is 0. The van der Waals surface area contributed by atoms with Gasteiger partial charge < -0.3 is 4.74 Å². The van der Waals surface area contributed by atoms with Crippen molar-refractivity contribution in [3.63, 3.8) is 0 Å². The van der Waals surface area contributed by atoms with Crippen molar-refractivity contribution < 1.29 is 4.74 Å². The molecule has 0 N–H and O–H groups in total. The molecule has 0 aromatic heterocycles. The number of ether oxygens (including phenoxy) is 1. The van der Waals surface area contributed by atoms with Crippen molar-refractivity contribution in [2.24, 2.45) is 0 Å². The normalized spacial score (nSPS) is 12.9. The highest BCUT2D eigenvalue weighted by Crippen LogP contribution is 2.21. The zero-order valence-corrected chi connectivity index (χ0v) is 10.4. The van der Waals surface area contributed by atoms with Gasteiger partial charge in [0.1, 0.15) is 5.75 Å². The van der Waals surface area contributed by atoms with Crippen LogP contribution in [-0.2, 0) is 6.42 Å². The molecule has 15 heavy (non-hydrogen) atoms. The maximum absolute atomic E-state index is 5.94. The van der Waals surface area contributed by atoms with Gasteiger partial charge in [-0.3, -0.25) is 0 Å². The second-order valence-corrected chi connectivity index (χ2v) is 4.84. The number of alkyl halides is 1. The fraction of sp³-hybridized carbons (Fsp3) is 0.538. The number of rotatable bonds is 5. The predicted molar refractivity (Wildman–Crippen MR) is 65.8 cm³/mol. The second-order valence-electron chi connectivity index (χ2n) is 4.09. The number of hydrogen-bond donors (Lipinski definition) is 0. The van der Waals surface area contributed by atoms with E-state index in [9.17, 15) is 0 Å². The summed E-state index contributed by atoms with van der Waals surface area (Å²) in [5.74, 6) is 0.991. The average molecular weight is 227 g/mol. The third kappa shape index (κ3) is 4.57. The molecule has 1 nitrogen and oxygen atoms in total. The summed E-state index contributed by atoms with van der Waals surface area (Å²) in [5.41, 5.74) is 1.25. The SMILES string of the molecule is CC(Cl)CCc1ccccc1OC(C)C. The van der Waals surface area contributed by atoms with E-state index in [-0.39, 0.29) is 11.5 Å². The van der Waals surface area contributed by atoms with E-state index in [4.69, 9.17) is 16.3 Å². The van der Waals surface area contributed by atoms with Crippen LogP contribution in [0, 0.1) is 0 Å². The van der Waals surface area contributed by atoms with Crippen LogP contribution in [0.15, 0.2) is 24.3 Å². The van der Waals surface area contributed by atoms with Gasteiger partial charge in [0.2, 0.25) is 0 Å². The van der Waals surface area contributed by atoms with E-state index in [0.717, 1.165) is 18.6 Å². The molecule has 84 valence electrons. The monoisotopic (exact) mass is 226 g/mol. The molecule has 0 saturated heterocycles. The summed E-state index contributed by atoms with van der Waals surface area (Å²) in [4.78, 5) is 0. The lowest BCUT2D eigenvalue weighted by Gasteiger charge is -2.14. The maximum atomic E-state index is 5.94. The van der Waals surface area contributed by atoms with Gasteiger partial charge in [-0.25, -0.2) is 0 Å². The van der Waals surface area contributed by atoms with E-state index < -0.39 is 0 Å². The first-order valence-electron chi connectivity index (χ1n) is 5.48. The minimum Gasteiger partial charge on any atom is -0.491 e. The smallest absolute Gasteiger partial charge is 0.122 e. The van der Waals surface area contributed by atoms with Crippen LogP contribution in [0.25, 0.3) is 0 Å². The van der Waals surface area contributed by atoms with Crippen LogP contribution in [-0.4, -0.2) is 11.5 Å². The number of benzene rings is 1.